The van der Waals surface area contributed by atoms with Gasteiger partial charge in [0.05, 0.1) is 26.7 Å². The van der Waals surface area contributed by atoms with Crippen molar-refractivity contribution in [3.63, 3.8) is 0 Å². The molecular weight excluding hydrogens is 470 g/mol. The Kier molecular flexibility index (Phi) is 9.37. The highest BCUT2D eigenvalue weighted by Crippen LogP contribution is 2.31. The van der Waals surface area contributed by atoms with E-state index in [0.29, 0.717) is 30.2 Å². The molecule has 180 valence electrons. The van der Waals surface area contributed by atoms with Gasteiger partial charge in [0.15, 0.2) is 5.78 Å². The molecule has 1 heterocycles. The first kappa shape index (κ1) is 26.1. The number of ketones is 2. The number of nitriles is 1. The Labute approximate surface area is 209 Å². The summed E-state index contributed by atoms with van der Waals surface area (Å²) in [6.07, 6.45) is 5.72. The standard InChI is InChI=1S/C26H30ClN3O3S/c1-3-20(31)12-18(13-25-29-22-9-8-19(27)14-24(22)34-25)26(33)30-21(17-6-4-5-7-17)10-11-23(32)16(2)15-28/h8-9,14,17-18,21H,2-7,10-13H2,1H3,(H,30,33)/t18-,21+/m0/s1. The van der Waals surface area contributed by atoms with Crippen LogP contribution in [-0.2, 0) is 20.8 Å². The van der Waals surface area contributed by atoms with Crippen LogP contribution in [0.1, 0.15) is 63.3 Å². The topological polar surface area (TPSA) is 99.9 Å². The van der Waals surface area contributed by atoms with Gasteiger partial charge >= 0.3 is 0 Å². The molecule has 1 aromatic carbocycles. The van der Waals surface area contributed by atoms with Crippen LogP contribution in [0, 0.1) is 23.2 Å². The van der Waals surface area contributed by atoms with Crippen LogP contribution in [0.25, 0.3) is 10.2 Å². The Morgan fingerprint density at radius 3 is 2.74 bits per heavy atom. The molecule has 0 radical (unpaired) electrons. The second-order valence-corrected chi connectivity index (χ2v) is 10.5. The fourth-order valence-electron chi connectivity index (χ4n) is 4.51. The molecule has 1 amide bonds. The van der Waals surface area contributed by atoms with Gasteiger partial charge in [0.1, 0.15) is 11.9 Å². The first-order valence-electron chi connectivity index (χ1n) is 11.8. The molecule has 0 spiro atoms. The number of fused-ring (bicyclic) bond motifs is 1. The summed E-state index contributed by atoms with van der Waals surface area (Å²) >= 11 is 7.58. The van der Waals surface area contributed by atoms with E-state index in [1.54, 1.807) is 19.1 Å². The predicted octanol–water partition coefficient (Wildman–Crippen LogP) is 5.58. The van der Waals surface area contributed by atoms with Crippen molar-refractivity contribution < 1.29 is 14.4 Å². The number of aromatic nitrogens is 1. The van der Waals surface area contributed by atoms with Crippen LogP contribution < -0.4 is 5.32 Å². The zero-order valence-corrected chi connectivity index (χ0v) is 21.0. The third-order valence-electron chi connectivity index (χ3n) is 6.51. The van der Waals surface area contributed by atoms with Crippen LogP contribution in [0.5, 0.6) is 0 Å². The number of amides is 1. The molecule has 1 aliphatic carbocycles. The molecule has 2 atom stereocenters. The molecule has 6 nitrogen and oxygen atoms in total. The van der Waals surface area contributed by atoms with E-state index in [4.69, 9.17) is 16.9 Å². The zero-order chi connectivity index (χ0) is 24.7. The van der Waals surface area contributed by atoms with Crippen LogP contribution in [0.4, 0.5) is 0 Å². The van der Waals surface area contributed by atoms with E-state index in [1.807, 2.05) is 12.1 Å². The molecule has 1 fully saturated rings. The van der Waals surface area contributed by atoms with Gasteiger partial charge in [-0.15, -0.1) is 11.3 Å². The molecule has 0 saturated heterocycles. The first-order chi connectivity index (χ1) is 16.3. The molecule has 0 bridgehead atoms. The van der Waals surface area contributed by atoms with Gasteiger partial charge in [-0.1, -0.05) is 37.9 Å². The monoisotopic (exact) mass is 499 g/mol. The van der Waals surface area contributed by atoms with Crippen LogP contribution in [0.2, 0.25) is 5.02 Å². The van der Waals surface area contributed by atoms with Crippen LogP contribution in [0.15, 0.2) is 30.4 Å². The molecule has 1 N–H and O–H groups in total. The third kappa shape index (κ3) is 6.97. The molecule has 2 aromatic rings. The molecule has 1 aromatic heterocycles. The third-order valence-corrected chi connectivity index (χ3v) is 7.78. The van der Waals surface area contributed by atoms with Crippen molar-refractivity contribution >= 4 is 50.6 Å². The normalized spacial score (nSPS) is 15.6. The minimum Gasteiger partial charge on any atom is -0.353 e. The Hall–Kier alpha value is -2.56. The smallest absolute Gasteiger partial charge is 0.224 e. The highest BCUT2D eigenvalue weighted by Gasteiger charge is 2.30. The van der Waals surface area contributed by atoms with E-state index < -0.39 is 5.92 Å². The van der Waals surface area contributed by atoms with Gasteiger partial charge in [-0.3, -0.25) is 14.4 Å². The lowest BCUT2D eigenvalue weighted by Crippen LogP contribution is -2.44. The van der Waals surface area contributed by atoms with Crippen LogP contribution in [0.3, 0.4) is 0 Å². The molecule has 34 heavy (non-hydrogen) atoms. The molecular formula is C26H30ClN3O3S. The Morgan fingerprint density at radius 2 is 2.06 bits per heavy atom. The van der Waals surface area contributed by atoms with Crippen LogP contribution in [-0.4, -0.2) is 28.5 Å². The van der Waals surface area contributed by atoms with E-state index in [1.165, 1.54) is 11.3 Å². The van der Waals surface area contributed by atoms with E-state index >= 15 is 0 Å². The maximum absolute atomic E-state index is 13.4. The van der Waals surface area contributed by atoms with E-state index in [2.05, 4.69) is 16.9 Å². The van der Waals surface area contributed by atoms with Crippen molar-refractivity contribution in [1.82, 2.24) is 10.3 Å². The summed E-state index contributed by atoms with van der Waals surface area (Å²) in [7, 11) is 0. The minimum absolute atomic E-state index is 0.0298. The molecule has 0 unspecified atom stereocenters. The van der Waals surface area contributed by atoms with Gasteiger partial charge in [-0.25, -0.2) is 4.98 Å². The number of rotatable bonds is 12. The quantitative estimate of drug-likeness (QED) is 0.303. The lowest BCUT2D eigenvalue weighted by atomic mass is 9.90. The fraction of sp³-hybridized carbons (Fsp3) is 0.500. The number of carbonyl (C=O) groups excluding carboxylic acids is 3. The first-order valence-corrected chi connectivity index (χ1v) is 13.0. The van der Waals surface area contributed by atoms with Gasteiger partial charge in [-0.2, -0.15) is 5.26 Å². The number of benzene rings is 1. The maximum Gasteiger partial charge on any atom is 0.224 e. The van der Waals surface area contributed by atoms with E-state index in [-0.39, 0.29) is 41.9 Å². The van der Waals surface area contributed by atoms with Crippen molar-refractivity contribution in [2.75, 3.05) is 0 Å². The average Bonchev–Trinajstić information content (AvgIpc) is 3.49. The molecule has 0 aliphatic heterocycles. The number of carbonyl (C=O) groups is 3. The second kappa shape index (κ2) is 12.2. The predicted molar refractivity (Wildman–Crippen MR) is 135 cm³/mol. The van der Waals surface area contributed by atoms with Crippen molar-refractivity contribution in [2.45, 2.75) is 70.8 Å². The largest absolute Gasteiger partial charge is 0.353 e. The number of Topliss-reactive ketones (excluding diaryl/α,β-unsaturated/α-hetero) is 2. The highest BCUT2D eigenvalue weighted by atomic mass is 35.5. The van der Waals surface area contributed by atoms with Crippen molar-refractivity contribution in [2.24, 2.45) is 11.8 Å². The van der Waals surface area contributed by atoms with Crippen molar-refractivity contribution in [3.05, 3.63) is 40.4 Å². The van der Waals surface area contributed by atoms with E-state index in [0.717, 1.165) is 40.9 Å². The summed E-state index contributed by atoms with van der Waals surface area (Å²) in [5, 5.41) is 13.5. The Morgan fingerprint density at radius 1 is 1.32 bits per heavy atom. The summed E-state index contributed by atoms with van der Waals surface area (Å²) in [5.41, 5.74) is 0.768. The number of hydrogen-bond acceptors (Lipinski definition) is 6. The summed E-state index contributed by atoms with van der Waals surface area (Å²) in [6, 6.07) is 7.13. The number of nitrogens with one attached hydrogen (secondary N) is 1. The van der Waals surface area contributed by atoms with Crippen molar-refractivity contribution in [1.29, 1.82) is 5.26 Å². The van der Waals surface area contributed by atoms with Crippen molar-refractivity contribution in [3.8, 4) is 6.07 Å². The Bertz CT molecular complexity index is 1110. The lowest BCUT2D eigenvalue weighted by molar-refractivity contribution is -0.130. The molecule has 8 heteroatoms. The lowest BCUT2D eigenvalue weighted by Gasteiger charge is -2.27. The fourth-order valence-corrected chi connectivity index (χ4v) is 5.83. The van der Waals surface area contributed by atoms with Gasteiger partial charge in [0, 0.05) is 36.7 Å². The summed E-state index contributed by atoms with van der Waals surface area (Å²) in [5.74, 6) is -0.674. The second-order valence-electron chi connectivity index (χ2n) is 8.93. The Balaban J connectivity index is 1.75. The van der Waals surface area contributed by atoms with Gasteiger partial charge in [-0.05, 0) is 43.4 Å². The molecule has 3 rings (SSSR count). The molecule has 1 saturated carbocycles. The van der Waals surface area contributed by atoms with Crippen LogP contribution >= 0.6 is 22.9 Å². The average molecular weight is 500 g/mol. The molecule has 1 aliphatic rings. The maximum atomic E-state index is 13.4. The SMILES string of the molecule is C=C(C#N)C(=O)CC[C@@H](NC(=O)[C@@H](CC(=O)CC)Cc1nc2ccc(Cl)cc2s1)C1CCCC1. The zero-order valence-electron chi connectivity index (χ0n) is 19.4. The number of thiazole rings is 1. The highest BCUT2D eigenvalue weighted by molar-refractivity contribution is 7.18. The summed E-state index contributed by atoms with van der Waals surface area (Å²) in [6.45, 7) is 5.30. The van der Waals surface area contributed by atoms with Gasteiger partial charge in [0.25, 0.3) is 0 Å². The van der Waals surface area contributed by atoms with Gasteiger partial charge < -0.3 is 5.32 Å². The summed E-state index contributed by atoms with van der Waals surface area (Å²) < 4.78 is 0.948. The van der Waals surface area contributed by atoms with E-state index in [9.17, 15) is 14.4 Å². The number of allylic oxidation sites excluding steroid dienone is 1. The number of hydrogen-bond donors (Lipinski definition) is 1. The minimum atomic E-state index is -0.530. The number of halogens is 1. The van der Waals surface area contributed by atoms with Gasteiger partial charge in [0.2, 0.25) is 5.91 Å². The summed E-state index contributed by atoms with van der Waals surface area (Å²) in [4.78, 5) is 42.5. The number of nitrogens with zero attached hydrogens (tertiary/aromatic N) is 2.